The molecular formula is C18H22N4O3. The standard InChI is InChI=1S/C18H22N4O3/c1-11-16(12(2)22(20-11)10-18(3,4)24)13-6-7-21-15(8-13)14(9-19-21)17(23)25-5/h6-9,24H,10H2,1-5H3. The normalized spacial score (nSPS) is 11.9. The second-order valence-corrected chi connectivity index (χ2v) is 6.81. The van der Waals surface area contributed by atoms with Crippen molar-refractivity contribution in [2.45, 2.75) is 39.8 Å². The number of aryl methyl sites for hydroxylation is 1. The smallest absolute Gasteiger partial charge is 0.341 e. The van der Waals surface area contributed by atoms with Gasteiger partial charge in [-0.25, -0.2) is 9.31 Å². The third-order valence-corrected chi connectivity index (χ3v) is 4.13. The van der Waals surface area contributed by atoms with Gasteiger partial charge in [0.25, 0.3) is 0 Å². The van der Waals surface area contributed by atoms with Gasteiger partial charge in [0.15, 0.2) is 0 Å². The highest BCUT2D eigenvalue weighted by Gasteiger charge is 2.21. The Morgan fingerprint density at radius 3 is 2.72 bits per heavy atom. The number of aromatic nitrogens is 4. The van der Waals surface area contributed by atoms with E-state index in [1.54, 1.807) is 18.4 Å². The lowest BCUT2D eigenvalue weighted by molar-refractivity contribution is 0.0568. The summed E-state index contributed by atoms with van der Waals surface area (Å²) in [7, 11) is 1.35. The van der Waals surface area contributed by atoms with E-state index in [2.05, 4.69) is 10.2 Å². The number of fused-ring (bicyclic) bond motifs is 1. The topological polar surface area (TPSA) is 81.6 Å². The number of carbonyl (C=O) groups excluding carboxylic acids is 1. The maximum Gasteiger partial charge on any atom is 0.341 e. The molecule has 0 aromatic carbocycles. The van der Waals surface area contributed by atoms with Crippen molar-refractivity contribution in [2.24, 2.45) is 0 Å². The van der Waals surface area contributed by atoms with Gasteiger partial charge in [-0.3, -0.25) is 4.68 Å². The summed E-state index contributed by atoms with van der Waals surface area (Å²) in [6, 6.07) is 3.84. The maximum atomic E-state index is 11.9. The molecule has 3 rings (SSSR count). The molecule has 0 saturated carbocycles. The summed E-state index contributed by atoms with van der Waals surface area (Å²) in [5.41, 5.74) is 4.00. The van der Waals surface area contributed by atoms with Gasteiger partial charge in [-0.1, -0.05) is 0 Å². The first-order valence-electron chi connectivity index (χ1n) is 8.04. The highest BCUT2D eigenvalue weighted by atomic mass is 16.5. The Bertz CT molecular complexity index is 947. The van der Waals surface area contributed by atoms with E-state index in [9.17, 15) is 9.90 Å². The number of aliphatic hydroxyl groups is 1. The molecule has 25 heavy (non-hydrogen) atoms. The average Bonchev–Trinajstić information content (AvgIpc) is 3.06. The molecule has 0 amide bonds. The van der Waals surface area contributed by atoms with Crippen LogP contribution in [0.25, 0.3) is 16.6 Å². The Morgan fingerprint density at radius 2 is 2.08 bits per heavy atom. The van der Waals surface area contributed by atoms with Crippen LogP contribution in [-0.4, -0.2) is 43.2 Å². The number of rotatable bonds is 4. The Morgan fingerprint density at radius 1 is 1.36 bits per heavy atom. The van der Waals surface area contributed by atoms with E-state index in [0.29, 0.717) is 17.6 Å². The van der Waals surface area contributed by atoms with Crippen molar-refractivity contribution >= 4 is 11.5 Å². The minimum atomic E-state index is -0.853. The van der Waals surface area contributed by atoms with Gasteiger partial charge in [0.2, 0.25) is 0 Å². The molecule has 132 valence electrons. The molecule has 0 saturated heterocycles. The van der Waals surface area contributed by atoms with Crippen molar-refractivity contribution in [3.63, 3.8) is 0 Å². The number of nitrogens with zero attached hydrogens (tertiary/aromatic N) is 4. The van der Waals surface area contributed by atoms with Gasteiger partial charge in [0, 0.05) is 17.5 Å². The largest absolute Gasteiger partial charge is 0.465 e. The SMILES string of the molecule is COC(=O)c1cnn2ccc(-c3c(C)nn(CC(C)(C)O)c3C)cc12. The molecule has 0 atom stereocenters. The fraction of sp³-hybridized carbons (Fsp3) is 0.389. The molecule has 7 heteroatoms. The van der Waals surface area contributed by atoms with Crippen molar-refractivity contribution in [2.75, 3.05) is 7.11 Å². The second-order valence-electron chi connectivity index (χ2n) is 6.81. The van der Waals surface area contributed by atoms with Gasteiger partial charge in [0.1, 0.15) is 5.56 Å². The zero-order valence-corrected chi connectivity index (χ0v) is 15.1. The molecule has 0 spiro atoms. The van der Waals surface area contributed by atoms with Crippen LogP contribution in [0.15, 0.2) is 24.5 Å². The molecular weight excluding hydrogens is 320 g/mol. The van der Waals surface area contributed by atoms with E-state index in [0.717, 1.165) is 22.5 Å². The van der Waals surface area contributed by atoms with Crippen LogP contribution in [0.2, 0.25) is 0 Å². The molecule has 7 nitrogen and oxygen atoms in total. The summed E-state index contributed by atoms with van der Waals surface area (Å²) in [5.74, 6) is -0.418. The van der Waals surface area contributed by atoms with Crippen LogP contribution in [0.1, 0.15) is 35.6 Å². The first-order chi connectivity index (χ1) is 11.7. The van der Waals surface area contributed by atoms with Gasteiger partial charge in [-0.15, -0.1) is 0 Å². The molecule has 0 aliphatic rings. The second kappa shape index (κ2) is 6.00. The Kier molecular flexibility index (Phi) is 4.12. The fourth-order valence-corrected chi connectivity index (χ4v) is 3.04. The van der Waals surface area contributed by atoms with Crippen LogP contribution in [0.5, 0.6) is 0 Å². The Hall–Kier alpha value is -2.67. The van der Waals surface area contributed by atoms with Gasteiger partial charge in [-0.05, 0) is 45.4 Å². The number of methoxy groups -OCH3 is 1. The monoisotopic (exact) mass is 342 g/mol. The quantitative estimate of drug-likeness (QED) is 0.736. The minimum absolute atomic E-state index is 0.405. The molecule has 0 fully saturated rings. The van der Waals surface area contributed by atoms with Crippen LogP contribution in [0.4, 0.5) is 0 Å². The molecule has 0 aliphatic carbocycles. The summed E-state index contributed by atoms with van der Waals surface area (Å²) in [4.78, 5) is 11.9. The fourth-order valence-electron chi connectivity index (χ4n) is 3.04. The summed E-state index contributed by atoms with van der Waals surface area (Å²) in [6.45, 7) is 7.82. The van der Waals surface area contributed by atoms with E-state index >= 15 is 0 Å². The molecule has 3 heterocycles. The zero-order chi connectivity index (χ0) is 18.4. The van der Waals surface area contributed by atoms with E-state index in [4.69, 9.17) is 4.74 Å². The number of esters is 1. The Labute approximate surface area is 145 Å². The van der Waals surface area contributed by atoms with E-state index in [1.165, 1.54) is 13.3 Å². The van der Waals surface area contributed by atoms with Crippen molar-refractivity contribution in [3.8, 4) is 11.1 Å². The molecule has 0 unspecified atom stereocenters. The lowest BCUT2D eigenvalue weighted by Gasteiger charge is -2.18. The first-order valence-corrected chi connectivity index (χ1v) is 8.04. The van der Waals surface area contributed by atoms with Gasteiger partial charge >= 0.3 is 5.97 Å². The van der Waals surface area contributed by atoms with Crippen molar-refractivity contribution in [3.05, 3.63) is 41.5 Å². The van der Waals surface area contributed by atoms with E-state index in [1.807, 2.05) is 36.9 Å². The number of hydrogen-bond donors (Lipinski definition) is 1. The number of carbonyl (C=O) groups is 1. The van der Waals surface area contributed by atoms with Crippen molar-refractivity contribution in [1.82, 2.24) is 19.4 Å². The van der Waals surface area contributed by atoms with Crippen LogP contribution in [0, 0.1) is 13.8 Å². The third kappa shape index (κ3) is 3.15. The molecule has 1 N–H and O–H groups in total. The number of pyridine rings is 1. The molecule has 3 aromatic heterocycles. The molecule has 0 aliphatic heterocycles. The van der Waals surface area contributed by atoms with Crippen LogP contribution in [-0.2, 0) is 11.3 Å². The highest BCUT2D eigenvalue weighted by Crippen LogP contribution is 2.29. The molecule has 0 bridgehead atoms. The average molecular weight is 342 g/mol. The van der Waals surface area contributed by atoms with Crippen molar-refractivity contribution in [1.29, 1.82) is 0 Å². The number of hydrogen-bond acceptors (Lipinski definition) is 5. The lowest BCUT2D eigenvalue weighted by atomic mass is 10.0. The first kappa shape index (κ1) is 17.2. The summed E-state index contributed by atoms with van der Waals surface area (Å²) < 4.78 is 8.27. The third-order valence-electron chi connectivity index (χ3n) is 4.13. The van der Waals surface area contributed by atoms with Crippen LogP contribution < -0.4 is 0 Å². The number of ether oxygens (including phenoxy) is 1. The molecule has 0 radical (unpaired) electrons. The zero-order valence-electron chi connectivity index (χ0n) is 15.1. The van der Waals surface area contributed by atoms with Crippen molar-refractivity contribution < 1.29 is 14.6 Å². The predicted molar refractivity (Wildman–Crippen MR) is 93.5 cm³/mol. The highest BCUT2D eigenvalue weighted by molar-refractivity contribution is 5.97. The summed E-state index contributed by atoms with van der Waals surface area (Å²) >= 11 is 0. The van der Waals surface area contributed by atoms with E-state index in [-0.39, 0.29) is 0 Å². The minimum Gasteiger partial charge on any atom is -0.465 e. The maximum absolute atomic E-state index is 11.9. The predicted octanol–water partition coefficient (Wildman–Crippen LogP) is 2.37. The van der Waals surface area contributed by atoms with Gasteiger partial charge < -0.3 is 9.84 Å². The van der Waals surface area contributed by atoms with Crippen LogP contribution in [0.3, 0.4) is 0 Å². The Balaban J connectivity index is 2.12. The summed E-state index contributed by atoms with van der Waals surface area (Å²) in [5, 5.41) is 18.8. The van der Waals surface area contributed by atoms with Gasteiger partial charge in [0.05, 0.1) is 36.7 Å². The molecule has 3 aromatic rings. The lowest BCUT2D eigenvalue weighted by Crippen LogP contribution is -2.27. The van der Waals surface area contributed by atoms with E-state index < -0.39 is 11.6 Å². The summed E-state index contributed by atoms with van der Waals surface area (Å²) in [6.07, 6.45) is 3.31. The van der Waals surface area contributed by atoms with Crippen LogP contribution >= 0.6 is 0 Å². The van der Waals surface area contributed by atoms with Gasteiger partial charge in [-0.2, -0.15) is 10.2 Å².